The lowest BCUT2D eigenvalue weighted by atomic mass is 9.96. The molecule has 1 rings (SSSR count). The lowest BCUT2D eigenvalue weighted by molar-refractivity contribution is -0.279. The zero-order valence-corrected chi connectivity index (χ0v) is 22.9. The lowest BCUT2D eigenvalue weighted by Gasteiger charge is -2.44. The van der Waals surface area contributed by atoms with Gasteiger partial charge in [0, 0.05) is 27.7 Å². The van der Waals surface area contributed by atoms with E-state index in [1.54, 1.807) is 0 Å². The van der Waals surface area contributed by atoms with Crippen molar-refractivity contribution in [3.05, 3.63) is 0 Å². The maximum absolute atomic E-state index is 11.9. The van der Waals surface area contributed by atoms with E-state index in [1.165, 1.54) is 13.8 Å². The average Bonchev–Trinajstić information content (AvgIpc) is 2.85. The first-order valence-electron chi connectivity index (χ1n) is 12.6. The van der Waals surface area contributed by atoms with Crippen LogP contribution in [0.5, 0.6) is 0 Å². The van der Waals surface area contributed by atoms with Crippen molar-refractivity contribution in [1.29, 1.82) is 0 Å². The molecule has 15 nitrogen and oxygen atoms in total. The van der Waals surface area contributed by atoms with Gasteiger partial charge in [-0.3, -0.25) is 19.2 Å². The molecular formula is C24H41NO14. The van der Waals surface area contributed by atoms with Crippen LogP contribution in [0.1, 0.15) is 27.7 Å². The van der Waals surface area contributed by atoms with Crippen molar-refractivity contribution in [2.45, 2.75) is 58.3 Å². The Hall–Kier alpha value is -2.40. The molecule has 2 N–H and O–H groups in total. The highest BCUT2D eigenvalue weighted by atomic mass is 16.7. The number of rotatable bonds is 20. The highest BCUT2D eigenvalue weighted by Gasteiger charge is 2.51. The van der Waals surface area contributed by atoms with Gasteiger partial charge in [-0.1, -0.05) is 0 Å². The molecular weight excluding hydrogens is 526 g/mol. The largest absolute Gasteiger partial charge is 0.463 e. The highest BCUT2D eigenvalue weighted by molar-refractivity contribution is 5.73. The Labute approximate surface area is 227 Å². The molecule has 0 radical (unpaired) electrons. The predicted octanol–water partition coefficient (Wildman–Crippen LogP) is -1.28. The van der Waals surface area contributed by atoms with Crippen molar-refractivity contribution in [2.75, 3.05) is 72.7 Å². The molecule has 1 aliphatic rings. The Kier molecular flexibility index (Phi) is 18.2. The zero-order chi connectivity index (χ0) is 29.0. The Balaban J connectivity index is 2.60. The van der Waals surface area contributed by atoms with E-state index >= 15 is 0 Å². The normalized spacial score (nSPS) is 22.6. The summed E-state index contributed by atoms with van der Waals surface area (Å²) in [7, 11) is 0. The maximum atomic E-state index is 11.9. The number of aliphatic hydroxyl groups is 1. The van der Waals surface area contributed by atoms with Crippen LogP contribution in [-0.2, 0) is 61.8 Å². The molecule has 1 heterocycles. The van der Waals surface area contributed by atoms with E-state index in [4.69, 9.17) is 47.7 Å². The van der Waals surface area contributed by atoms with Crippen molar-refractivity contribution < 1.29 is 66.9 Å². The van der Waals surface area contributed by atoms with Crippen LogP contribution in [-0.4, -0.2) is 132 Å². The van der Waals surface area contributed by atoms with E-state index in [-0.39, 0.29) is 39.6 Å². The molecule has 1 amide bonds. The van der Waals surface area contributed by atoms with Crippen molar-refractivity contribution >= 4 is 23.8 Å². The summed E-state index contributed by atoms with van der Waals surface area (Å²) >= 11 is 0. The molecule has 1 saturated heterocycles. The van der Waals surface area contributed by atoms with Gasteiger partial charge < -0.3 is 53.1 Å². The third kappa shape index (κ3) is 15.7. The van der Waals surface area contributed by atoms with Gasteiger partial charge in [0.1, 0.15) is 18.8 Å². The number of nitrogens with one attached hydrogen (secondary N) is 1. The number of hydrogen-bond acceptors (Lipinski definition) is 14. The third-order valence-electron chi connectivity index (χ3n) is 4.93. The highest BCUT2D eigenvalue weighted by Crippen LogP contribution is 2.28. The van der Waals surface area contributed by atoms with Crippen LogP contribution in [0.25, 0.3) is 0 Å². The Morgan fingerprint density at radius 1 is 0.692 bits per heavy atom. The topological polar surface area (TPSA) is 184 Å². The number of carbonyl (C=O) groups excluding carboxylic acids is 4. The summed E-state index contributed by atoms with van der Waals surface area (Å²) in [4.78, 5) is 46.9. The van der Waals surface area contributed by atoms with Crippen molar-refractivity contribution in [1.82, 2.24) is 5.32 Å². The van der Waals surface area contributed by atoms with Crippen molar-refractivity contribution in [3.8, 4) is 0 Å². The second-order valence-electron chi connectivity index (χ2n) is 8.26. The quantitative estimate of drug-likeness (QED) is 0.101. The van der Waals surface area contributed by atoms with Crippen LogP contribution in [0, 0.1) is 0 Å². The number of amides is 1. The van der Waals surface area contributed by atoms with E-state index in [2.05, 4.69) is 5.32 Å². The summed E-state index contributed by atoms with van der Waals surface area (Å²) in [5.41, 5.74) is 0. The van der Waals surface area contributed by atoms with Gasteiger partial charge in [-0.25, -0.2) is 0 Å². The van der Waals surface area contributed by atoms with Crippen LogP contribution in [0.3, 0.4) is 0 Å². The van der Waals surface area contributed by atoms with E-state index in [1.807, 2.05) is 0 Å². The first-order chi connectivity index (χ1) is 18.6. The number of esters is 3. The number of ether oxygens (including phenoxy) is 9. The second-order valence-corrected chi connectivity index (χ2v) is 8.26. The monoisotopic (exact) mass is 567 g/mol. The van der Waals surface area contributed by atoms with Crippen LogP contribution in [0.2, 0.25) is 0 Å². The molecule has 39 heavy (non-hydrogen) atoms. The number of hydrogen-bond donors (Lipinski definition) is 2. The van der Waals surface area contributed by atoms with Gasteiger partial charge in [0.15, 0.2) is 18.5 Å². The summed E-state index contributed by atoms with van der Waals surface area (Å²) in [6, 6.07) is -1.04. The molecule has 5 atom stereocenters. The predicted molar refractivity (Wildman–Crippen MR) is 130 cm³/mol. The average molecular weight is 568 g/mol. The van der Waals surface area contributed by atoms with Gasteiger partial charge in [-0.2, -0.15) is 0 Å². The van der Waals surface area contributed by atoms with Crippen molar-refractivity contribution in [3.63, 3.8) is 0 Å². The van der Waals surface area contributed by atoms with Gasteiger partial charge in [0.05, 0.1) is 66.1 Å². The molecule has 0 bridgehead atoms. The fourth-order valence-electron chi connectivity index (χ4n) is 3.48. The minimum absolute atomic E-state index is 0.0281. The van der Waals surface area contributed by atoms with Crippen LogP contribution in [0.15, 0.2) is 0 Å². The Bertz CT molecular complexity index is 736. The molecule has 0 aromatic heterocycles. The molecule has 0 saturated carbocycles. The number of carbonyl (C=O) groups is 4. The van der Waals surface area contributed by atoms with Gasteiger partial charge >= 0.3 is 17.9 Å². The minimum atomic E-state index is -1.19. The zero-order valence-electron chi connectivity index (χ0n) is 22.9. The smallest absolute Gasteiger partial charge is 0.303 e. The SMILES string of the molecule is CC(=O)N[C@H]1[C@H](OCCOCCOCCOCCOCCO)O[C@H](COC(C)=O)[C@H](OC(C)=O)[C@@H]1OC(C)=O. The summed E-state index contributed by atoms with van der Waals surface area (Å²) in [5.74, 6) is -2.45. The van der Waals surface area contributed by atoms with Gasteiger partial charge in [0.2, 0.25) is 5.91 Å². The fraction of sp³-hybridized carbons (Fsp3) is 0.833. The Morgan fingerprint density at radius 3 is 1.64 bits per heavy atom. The summed E-state index contributed by atoms with van der Waals surface area (Å²) in [5, 5.41) is 11.2. The summed E-state index contributed by atoms with van der Waals surface area (Å²) in [6.45, 7) is 7.06. The van der Waals surface area contributed by atoms with Crippen LogP contribution >= 0.6 is 0 Å². The van der Waals surface area contributed by atoms with Crippen molar-refractivity contribution in [2.24, 2.45) is 0 Å². The summed E-state index contributed by atoms with van der Waals surface area (Å²) in [6.07, 6.45) is -4.57. The van der Waals surface area contributed by atoms with E-state index in [9.17, 15) is 19.2 Å². The third-order valence-corrected chi connectivity index (χ3v) is 4.93. The van der Waals surface area contributed by atoms with E-state index in [0.717, 1.165) is 13.8 Å². The molecule has 0 aromatic carbocycles. The maximum Gasteiger partial charge on any atom is 0.303 e. The van der Waals surface area contributed by atoms with Crippen LogP contribution in [0.4, 0.5) is 0 Å². The van der Waals surface area contributed by atoms with E-state index in [0.29, 0.717) is 33.0 Å². The molecule has 0 unspecified atom stereocenters. The Morgan fingerprint density at radius 2 is 1.18 bits per heavy atom. The van der Waals surface area contributed by atoms with Gasteiger partial charge in [0.25, 0.3) is 0 Å². The first kappa shape index (κ1) is 34.6. The van der Waals surface area contributed by atoms with Gasteiger partial charge in [-0.15, -0.1) is 0 Å². The first-order valence-corrected chi connectivity index (χ1v) is 12.6. The van der Waals surface area contributed by atoms with E-state index < -0.39 is 54.5 Å². The fourth-order valence-corrected chi connectivity index (χ4v) is 3.48. The molecule has 1 fully saturated rings. The molecule has 1 aliphatic heterocycles. The molecule has 0 aliphatic carbocycles. The minimum Gasteiger partial charge on any atom is -0.463 e. The standard InChI is InChI=1S/C24H41NO14/c1-16(27)25-21-23(38-19(4)30)22(37-18(3)29)20(15-36-17(2)28)39-24(21)35-14-13-34-12-11-33-10-9-32-8-7-31-6-5-26/h20-24,26H,5-15H2,1-4H3,(H,25,27)/t20-,21-,22+,23-,24-/m1/s1. The molecule has 226 valence electrons. The molecule has 0 spiro atoms. The second kappa shape index (κ2) is 20.5. The number of aliphatic hydroxyl groups excluding tert-OH is 1. The summed E-state index contributed by atoms with van der Waals surface area (Å²) < 4.78 is 48.7. The van der Waals surface area contributed by atoms with Crippen LogP contribution < -0.4 is 5.32 Å². The van der Waals surface area contributed by atoms with Gasteiger partial charge in [-0.05, 0) is 0 Å². The molecule has 0 aromatic rings. The molecule has 15 heteroatoms. The lowest BCUT2D eigenvalue weighted by Crippen LogP contribution is -2.66.